The molecule has 9 aromatic carbocycles. The largest absolute Gasteiger partial charge is 0.310 e. The fraction of sp³-hybridized carbons (Fsp3) is 0.0909. The summed E-state index contributed by atoms with van der Waals surface area (Å²) in [6, 6.07) is 69.2. The number of nitrogens with zero attached hydrogens (tertiary/aromatic N) is 2. The Balaban J connectivity index is 1.28. The summed E-state index contributed by atoms with van der Waals surface area (Å²) in [6.07, 6.45) is 0. The second kappa shape index (κ2) is 11.9. The van der Waals surface area contributed by atoms with Crippen molar-refractivity contribution in [2.45, 2.75) is 32.0 Å². The lowest BCUT2D eigenvalue weighted by molar-refractivity contribution is 0.749. The van der Waals surface area contributed by atoms with E-state index in [9.17, 15) is 0 Å². The Morgan fingerprint density at radius 3 is 1.84 bits per heavy atom. The number of aryl methyl sites for hydroxylation is 1. The molecule has 12 rings (SSSR count). The van der Waals surface area contributed by atoms with Gasteiger partial charge in [-0.1, -0.05) is 170 Å². The lowest BCUT2D eigenvalue weighted by atomic mass is 9.65. The van der Waals surface area contributed by atoms with Gasteiger partial charge in [0.2, 0.25) is 0 Å². The maximum Gasteiger partial charge on any atom is 0.0775 e. The standard InChI is InChI=1S/C55H42N2Si/c1-35-24-27-37(28-25-35)56(38-29-31-39(32-30-38)58(2,3)4)51-34-48-53(43-18-8-7-16-41(43)51)52-40-15-6-5-14-36(40)26-33-46(52)55(48)45-20-10-12-23-50(45)57-49-22-11-9-17-42(49)44-19-13-21-47(55)54(44)57/h5-34H,1-4H3. The summed E-state index contributed by atoms with van der Waals surface area (Å²) in [5, 5.41) is 9.11. The van der Waals surface area contributed by atoms with Crippen molar-refractivity contribution in [3.05, 3.63) is 210 Å². The third-order valence-corrected chi connectivity index (χ3v) is 15.2. The average Bonchev–Trinajstić information content (AvgIpc) is 3.75. The van der Waals surface area contributed by atoms with Crippen molar-refractivity contribution in [3.63, 3.8) is 0 Å². The molecule has 1 aliphatic heterocycles. The summed E-state index contributed by atoms with van der Waals surface area (Å²) >= 11 is 0. The third kappa shape index (κ3) is 4.37. The molecule has 0 N–H and O–H groups in total. The van der Waals surface area contributed by atoms with Gasteiger partial charge < -0.3 is 9.47 Å². The van der Waals surface area contributed by atoms with E-state index in [0.29, 0.717) is 0 Å². The number of aromatic nitrogens is 1. The van der Waals surface area contributed by atoms with Crippen molar-refractivity contribution in [2.75, 3.05) is 4.90 Å². The first kappa shape index (κ1) is 33.5. The Morgan fingerprint density at radius 1 is 0.466 bits per heavy atom. The van der Waals surface area contributed by atoms with E-state index >= 15 is 0 Å². The van der Waals surface area contributed by atoms with Crippen molar-refractivity contribution in [2.24, 2.45) is 0 Å². The molecule has 0 saturated heterocycles. The molecule has 2 aliphatic rings. The van der Waals surface area contributed by atoms with E-state index in [1.54, 1.807) is 0 Å². The van der Waals surface area contributed by atoms with E-state index in [-0.39, 0.29) is 0 Å². The summed E-state index contributed by atoms with van der Waals surface area (Å²) in [5.41, 5.74) is 15.9. The van der Waals surface area contributed by atoms with E-state index in [1.807, 2.05) is 0 Å². The van der Waals surface area contributed by atoms with Gasteiger partial charge in [0.15, 0.2) is 0 Å². The topological polar surface area (TPSA) is 8.17 Å². The molecule has 0 saturated carbocycles. The van der Waals surface area contributed by atoms with E-state index in [2.05, 4.69) is 218 Å². The summed E-state index contributed by atoms with van der Waals surface area (Å²) in [4.78, 5) is 2.51. The van der Waals surface area contributed by atoms with Crippen molar-refractivity contribution < 1.29 is 0 Å². The van der Waals surface area contributed by atoms with E-state index < -0.39 is 13.5 Å². The van der Waals surface area contributed by atoms with Crippen LogP contribution >= 0.6 is 0 Å². The highest BCUT2D eigenvalue weighted by molar-refractivity contribution is 6.88. The predicted octanol–water partition coefficient (Wildman–Crippen LogP) is 14.1. The van der Waals surface area contributed by atoms with E-state index in [4.69, 9.17) is 0 Å². The molecular weight excluding hydrogens is 717 g/mol. The first-order valence-electron chi connectivity index (χ1n) is 20.5. The molecule has 0 amide bonds. The minimum absolute atomic E-state index is 0.589. The van der Waals surface area contributed by atoms with Gasteiger partial charge in [0.05, 0.1) is 35.9 Å². The summed E-state index contributed by atoms with van der Waals surface area (Å²) in [7, 11) is -1.52. The van der Waals surface area contributed by atoms with Gasteiger partial charge in [0.1, 0.15) is 0 Å². The van der Waals surface area contributed by atoms with Crippen LogP contribution in [-0.4, -0.2) is 12.6 Å². The normalized spacial score (nSPS) is 15.3. The fourth-order valence-electron chi connectivity index (χ4n) is 10.6. The zero-order valence-corrected chi connectivity index (χ0v) is 34.2. The van der Waals surface area contributed by atoms with Gasteiger partial charge in [-0.25, -0.2) is 0 Å². The highest BCUT2D eigenvalue weighted by atomic mass is 28.3. The van der Waals surface area contributed by atoms with Crippen LogP contribution in [0.5, 0.6) is 0 Å². The van der Waals surface area contributed by atoms with Crippen LogP contribution < -0.4 is 10.1 Å². The SMILES string of the molecule is Cc1ccc(N(c2ccc([Si](C)(C)C)cc2)c2cc3c(c4ccccc24)-c2c(ccc4ccccc24)C32c3ccccc3-n3c4ccccc4c4cccc2c43)cc1. The summed E-state index contributed by atoms with van der Waals surface area (Å²) < 4.78 is 2.54. The predicted molar refractivity (Wildman–Crippen MR) is 249 cm³/mol. The highest BCUT2D eigenvalue weighted by Crippen LogP contribution is 2.64. The van der Waals surface area contributed by atoms with Crippen LogP contribution in [0.1, 0.15) is 27.8 Å². The van der Waals surface area contributed by atoms with Crippen LogP contribution in [0.2, 0.25) is 19.6 Å². The molecular formula is C55H42N2Si. The molecule has 1 aromatic heterocycles. The number of hydrogen-bond donors (Lipinski definition) is 0. The second-order valence-corrected chi connectivity index (χ2v) is 22.4. The molecule has 1 aliphatic carbocycles. The first-order chi connectivity index (χ1) is 28.3. The molecule has 0 radical (unpaired) electrons. The highest BCUT2D eigenvalue weighted by Gasteiger charge is 2.52. The van der Waals surface area contributed by atoms with Crippen LogP contribution in [0.15, 0.2) is 182 Å². The average molecular weight is 759 g/mol. The fourth-order valence-corrected chi connectivity index (χ4v) is 11.8. The van der Waals surface area contributed by atoms with Crippen LogP contribution in [0, 0.1) is 6.92 Å². The summed E-state index contributed by atoms with van der Waals surface area (Å²) in [6.45, 7) is 9.46. The molecule has 0 fully saturated rings. The molecule has 58 heavy (non-hydrogen) atoms. The Kier molecular flexibility index (Phi) is 6.88. The molecule has 276 valence electrons. The Labute approximate surface area is 340 Å². The lowest BCUT2D eigenvalue weighted by Crippen LogP contribution is -2.37. The Bertz CT molecular complexity index is 3330. The van der Waals surface area contributed by atoms with Crippen molar-refractivity contribution in [1.82, 2.24) is 4.57 Å². The number of rotatable bonds is 4. The number of anilines is 3. The molecule has 2 heterocycles. The Hall–Kier alpha value is -6.68. The molecule has 1 unspecified atom stereocenters. The van der Waals surface area contributed by atoms with Gasteiger partial charge in [0.25, 0.3) is 0 Å². The molecule has 1 atom stereocenters. The maximum atomic E-state index is 2.58. The van der Waals surface area contributed by atoms with Crippen LogP contribution in [-0.2, 0) is 5.41 Å². The minimum atomic E-state index is -1.52. The van der Waals surface area contributed by atoms with E-state index in [1.165, 1.54) is 98.9 Å². The monoisotopic (exact) mass is 758 g/mol. The first-order valence-corrected chi connectivity index (χ1v) is 24.0. The van der Waals surface area contributed by atoms with E-state index in [0.717, 1.165) is 11.4 Å². The molecule has 10 aromatic rings. The number of fused-ring (bicyclic) bond motifs is 16. The van der Waals surface area contributed by atoms with Crippen molar-refractivity contribution in [3.8, 4) is 16.8 Å². The van der Waals surface area contributed by atoms with Gasteiger partial charge in [-0.15, -0.1) is 0 Å². The van der Waals surface area contributed by atoms with Crippen LogP contribution in [0.4, 0.5) is 17.1 Å². The maximum absolute atomic E-state index is 2.58. The zero-order valence-electron chi connectivity index (χ0n) is 33.2. The van der Waals surface area contributed by atoms with Crippen molar-refractivity contribution >= 4 is 73.7 Å². The summed E-state index contributed by atoms with van der Waals surface area (Å²) in [5.74, 6) is 0. The van der Waals surface area contributed by atoms with Crippen LogP contribution in [0.3, 0.4) is 0 Å². The molecule has 0 bridgehead atoms. The number of hydrogen-bond acceptors (Lipinski definition) is 1. The van der Waals surface area contributed by atoms with Gasteiger partial charge in [-0.3, -0.25) is 0 Å². The van der Waals surface area contributed by atoms with Gasteiger partial charge >= 0.3 is 0 Å². The molecule has 2 nitrogen and oxygen atoms in total. The minimum Gasteiger partial charge on any atom is -0.310 e. The molecule has 3 heteroatoms. The second-order valence-electron chi connectivity index (χ2n) is 17.4. The smallest absolute Gasteiger partial charge is 0.0775 e. The number of benzene rings is 9. The number of para-hydroxylation sites is 3. The zero-order chi connectivity index (χ0) is 38.9. The Morgan fingerprint density at radius 2 is 1.07 bits per heavy atom. The van der Waals surface area contributed by atoms with Crippen LogP contribution in [0.25, 0.3) is 60.2 Å². The van der Waals surface area contributed by atoms with Gasteiger partial charge in [-0.2, -0.15) is 0 Å². The third-order valence-electron chi connectivity index (χ3n) is 13.2. The van der Waals surface area contributed by atoms with Gasteiger partial charge in [-0.05, 0) is 98.9 Å². The quantitative estimate of drug-likeness (QED) is 0.162. The lowest BCUT2D eigenvalue weighted by Gasteiger charge is -2.40. The van der Waals surface area contributed by atoms with Gasteiger partial charge in [0, 0.05) is 27.5 Å². The van der Waals surface area contributed by atoms with Crippen molar-refractivity contribution in [1.29, 1.82) is 0 Å². The molecule has 1 spiro atoms.